The van der Waals surface area contributed by atoms with Gasteiger partial charge in [-0.15, -0.1) is 0 Å². The molecule has 0 atom stereocenters. The molecule has 4 aromatic rings. The fourth-order valence-corrected chi connectivity index (χ4v) is 3.18. The highest BCUT2D eigenvalue weighted by Crippen LogP contribution is 2.38. The number of benzene rings is 4. The molecular weight excluding hydrogens is 300 g/mol. The third-order valence-corrected chi connectivity index (χ3v) is 4.28. The Bertz CT molecular complexity index is 957. The minimum atomic E-state index is 0.757. The van der Waals surface area contributed by atoms with Crippen molar-refractivity contribution in [3.05, 3.63) is 96.0 Å². The minimum Gasteiger partial charge on any atom is -0.0843 e. The van der Waals surface area contributed by atoms with Crippen LogP contribution in [-0.2, 0) is 0 Å². The van der Waals surface area contributed by atoms with E-state index in [1.54, 1.807) is 0 Å². The van der Waals surface area contributed by atoms with Gasteiger partial charge < -0.3 is 0 Å². The summed E-state index contributed by atoms with van der Waals surface area (Å²) in [6, 6.07) is 32.3. The van der Waals surface area contributed by atoms with Gasteiger partial charge in [0, 0.05) is 5.02 Å². The first kappa shape index (κ1) is 14.0. The van der Waals surface area contributed by atoms with E-state index in [2.05, 4.69) is 60.7 Å². The summed E-state index contributed by atoms with van der Waals surface area (Å²) in [5.41, 5.74) is 4.71. The molecular formula is C22H14Cl. The van der Waals surface area contributed by atoms with Crippen LogP contribution in [0.5, 0.6) is 0 Å². The van der Waals surface area contributed by atoms with E-state index in [1.165, 1.54) is 22.1 Å². The van der Waals surface area contributed by atoms with Crippen molar-refractivity contribution in [3.8, 4) is 22.3 Å². The van der Waals surface area contributed by atoms with Crippen molar-refractivity contribution in [2.75, 3.05) is 0 Å². The largest absolute Gasteiger partial charge is 0.0843 e. The second-order valence-corrected chi connectivity index (χ2v) is 5.93. The number of hydrogen-bond donors (Lipinski definition) is 0. The molecule has 0 unspecified atom stereocenters. The first-order chi connectivity index (χ1) is 11.3. The molecule has 0 spiro atoms. The lowest BCUT2D eigenvalue weighted by Gasteiger charge is -2.14. The molecule has 0 saturated carbocycles. The van der Waals surface area contributed by atoms with Gasteiger partial charge in [0.1, 0.15) is 0 Å². The normalized spacial score (nSPS) is 10.8. The summed E-state index contributed by atoms with van der Waals surface area (Å²) in [4.78, 5) is 0. The van der Waals surface area contributed by atoms with Crippen molar-refractivity contribution < 1.29 is 0 Å². The van der Waals surface area contributed by atoms with Crippen LogP contribution in [0.15, 0.2) is 84.9 Å². The molecule has 0 aromatic heterocycles. The van der Waals surface area contributed by atoms with E-state index in [0.29, 0.717) is 0 Å². The van der Waals surface area contributed by atoms with Gasteiger partial charge in [0.2, 0.25) is 0 Å². The van der Waals surface area contributed by atoms with Gasteiger partial charge >= 0.3 is 0 Å². The van der Waals surface area contributed by atoms with Crippen LogP contribution >= 0.6 is 11.6 Å². The molecule has 0 nitrogen and oxygen atoms in total. The fourth-order valence-electron chi connectivity index (χ4n) is 3.00. The monoisotopic (exact) mass is 313 g/mol. The zero-order chi connectivity index (χ0) is 15.6. The third kappa shape index (κ3) is 2.62. The molecule has 4 rings (SSSR count). The smallest absolute Gasteiger partial charge is 0.0412 e. The van der Waals surface area contributed by atoms with Crippen molar-refractivity contribution >= 4 is 22.4 Å². The van der Waals surface area contributed by atoms with Crippen molar-refractivity contribution in [3.63, 3.8) is 0 Å². The van der Waals surface area contributed by atoms with Crippen LogP contribution in [-0.4, -0.2) is 0 Å². The van der Waals surface area contributed by atoms with Crippen LogP contribution in [0.4, 0.5) is 0 Å². The molecule has 109 valence electrons. The molecule has 0 bridgehead atoms. The van der Waals surface area contributed by atoms with Crippen LogP contribution < -0.4 is 0 Å². The van der Waals surface area contributed by atoms with Crippen LogP contribution in [0.25, 0.3) is 33.0 Å². The van der Waals surface area contributed by atoms with Gasteiger partial charge in [-0.3, -0.25) is 0 Å². The molecule has 0 fully saturated rings. The maximum atomic E-state index is 6.17. The molecule has 0 amide bonds. The molecule has 0 saturated heterocycles. The highest BCUT2D eigenvalue weighted by atomic mass is 35.5. The third-order valence-electron chi connectivity index (χ3n) is 4.05. The Labute approximate surface area is 141 Å². The van der Waals surface area contributed by atoms with E-state index in [-0.39, 0.29) is 0 Å². The SMILES string of the molecule is Clc1ccc2c(-c3[c]cccc3)c(-c3ccccc3)ccc2c1. The Morgan fingerprint density at radius 2 is 1.57 bits per heavy atom. The Morgan fingerprint density at radius 1 is 0.739 bits per heavy atom. The lowest BCUT2D eigenvalue weighted by atomic mass is 9.90. The van der Waals surface area contributed by atoms with Crippen LogP contribution in [0.2, 0.25) is 5.02 Å². The molecule has 4 aromatic carbocycles. The fraction of sp³-hybridized carbons (Fsp3) is 0. The Morgan fingerprint density at radius 3 is 2.35 bits per heavy atom. The lowest BCUT2D eigenvalue weighted by molar-refractivity contribution is 1.60. The maximum Gasteiger partial charge on any atom is 0.0412 e. The second kappa shape index (κ2) is 5.91. The lowest BCUT2D eigenvalue weighted by Crippen LogP contribution is -1.88. The Balaban J connectivity index is 2.09. The van der Waals surface area contributed by atoms with E-state index in [1.807, 2.05) is 30.3 Å². The summed E-state index contributed by atoms with van der Waals surface area (Å²) in [6.07, 6.45) is 0. The molecule has 0 aliphatic carbocycles. The van der Waals surface area contributed by atoms with Crippen molar-refractivity contribution in [1.82, 2.24) is 0 Å². The van der Waals surface area contributed by atoms with E-state index in [4.69, 9.17) is 11.6 Å². The average Bonchev–Trinajstić information content (AvgIpc) is 2.62. The molecule has 0 aliphatic heterocycles. The molecule has 23 heavy (non-hydrogen) atoms. The second-order valence-electron chi connectivity index (χ2n) is 5.50. The zero-order valence-corrected chi connectivity index (χ0v) is 13.2. The predicted molar refractivity (Wildman–Crippen MR) is 98.7 cm³/mol. The Hall–Kier alpha value is -2.57. The van der Waals surface area contributed by atoms with Crippen molar-refractivity contribution in [2.24, 2.45) is 0 Å². The highest BCUT2D eigenvalue weighted by molar-refractivity contribution is 6.31. The van der Waals surface area contributed by atoms with Gasteiger partial charge in [0.25, 0.3) is 0 Å². The number of hydrogen-bond acceptors (Lipinski definition) is 0. The topological polar surface area (TPSA) is 0 Å². The van der Waals surface area contributed by atoms with Crippen molar-refractivity contribution in [2.45, 2.75) is 0 Å². The number of rotatable bonds is 2. The summed E-state index contributed by atoms with van der Waals surface area (Å²) >= 11 is 6.17. The average molecular weight is 314 g/mol. The molecule has 0 N–H and O–H groups in total. The number of halogens is 1. The first-order valence-electron chi connectivity index (χ1n) is 7.58. The van der Waals surface area contributed by atoms with Crippen molar-refractivity contribution in [1.29, 1.82) is 0 Å². The predicted octanol–water partition coefficient (Wildman–Crippen LogP) is 6.63. The molecule has 1 radical (unpaired) electrons. The van der Waals surface area contributed by atoms with Gasteiger partial charge in [-0.25, -0.2) is 0 Å². The van der Waals surface area contributed by atoms with Gasteiger partial charge in [0.05, 0.1) is 0 Å². The molecule has 0 aliphatic rings. The van der Waals surface area contributed by atoms with E-state index >= 15 is 0 Å². The summed E-state index contributed by atoms with van der Waals surface area (Å²) in [5.74, 6) is 0. The summed E-state index contributed by atoms with van der Waals surface area (Å²) < 4.78 is 0. The quantitative estimate of drug-likeness (QED) is 0.390. The summed E-state index contributed by atoms with van der Waals surface area (Å²) in [5, 5.41) is 3.09. The minimum absolute atomic E-state index is 0.757. The van der Waals surface area contributed by atoms with E-state index in [9.17, 15) is 0 Å². The van der Waals surface area contributed by atoms with Crippen LogP contribution in [0, 0.1) is 6.07 Å². The van der Waals surface area contributed by atoms with Gasteiger partial charge in [-0.05, 0) is 51.2 Å². The summed E-state index contributed by atoms with van der Waals surface area (Å²) in [6.45, 7) is 0. The Kier molecular flexibility index (Phi) is 3.61. The van der Waals surface area contributed by atoms with Gasteiger partial charge in [0.15, 0.2) is 0 Å². The van der Waals surface area contributed by atoms with Gasteiger partial charge in [-0.2, -0.15) is 0 Å². The maximum absolute atomic E-state index is 6.17. The highest BCUT2D eigenvalue weighted by Gasteiger charge is 2.11. The molecule has 0 heterocycles. The number of fused-ring (bicyclic) bond motifs is 1. The summed E-state index contributed by atoms with van der Waals surface area (Å²) in [7, 11) is 0. The molecule has 1 heteroatoms. The first-order valence-corrected chi connectivity index (χ1v) is 7.95. The van der Waals surface area contributed by atoms with Gasteiger partial charge in [-0.1, -0.05) is 84.4 Å². The van der Waals surface area contributed by atoms with Crippen LogP contribution in [0.1, 0.15) is 0 Å². The zero-order valence-electron chi connectivity index (χ0n) is 12.5. The van der Waals surface area contributed by atoms with E-state index < -0.39 is 0 Å². The van der Waals surface area contributed by atoms with Crippen LogP contribution in [0.3, 0.4) is 0 Å². The van der Waals surface area contributed by atoms with E-state index in [0.717, 1.165) is 16.0 Å². The standard InChI is InChI=1S/C22H14Cl/c23-19-12-14-21-18(15-19)11-13-20(16-7-3-1-4-8-16)22(21)17-9-5-2-6-10-17/h1-9,11-15H.